The number of carbonyl (C=O) groups excluding carboxylic acids is 1. The van der Waals surface area contributed by atoms with Crippen LogP contribution in [-0.4, -0.2) is 21.9 Å². The molecule has 3 rings (SSSR count). The van der Waals surface area contributed by atoms with Crippen LogP contribution >= 0.6 is 11.8 Å². The number of halogens is 1. The molecule has 0 fully saturated rings. The van der Waals surface area contributed by atoms with Crippen molar-refractivity contribution in [3.63, 3.8) is 0 Å². The molecule has 0 unspecified atom stereocenters. The molecule has 128 valence electrons. The quantitative estimate of drug-likeness (QED) is 0.683. The average Bonchev–Trinajstić information content (AvgIpc) is 3.11. The molecule has 0 aliphatic rings. The Morgan fingerprint density at radius 3 is 2.76 bits per heavy atom. The lowest BCUT2D eigenvalue weighted by Crippen LogP contribution is -2.24. The zero-order valence-electron chi connectivity index (χ0n) is 13.5. The van der Waals surface area contributed by atoms with Gasteiger partial charge in [0.2, 0.25) is 11.8 Å². The van der Waals surface area contributed by atoms with Crippen molar-refractivity contribution in [2.24, 2.45) is 0 Å². The minimum Gasteiger partial charge on any atom is -0.411 e. The van der Waals surface area contributed by atoms with Gasteiger partial charge in [-0.25, -0.2) is 4.39 Å². The van der Waals surface area contributed by atoms with Gasteiger partial charge >= 0.3 is 0 Å². The number of rotatable bonds is 6. The second-order valence-electron chi connectivity index (χ2n) is 5.39. The first-order valence-corrected chi connectivity index (χ1v) is 8.64. The van der Waals surface area contributed by atoms with Crippen LogP contribution in [0, 0.1) is 12.7 Å². The Labute approximate surface area is 148 Å². The minimum absolute atomic E-state index is 0.144. The van der Waals surface area contributed by atoms with E-state index in [0.29, 0.717) is 22.2 Å². The Morgan fingerprint density at radius 1 is 1.20 bits per heavy atom. The Hall–Kier alpha value is -2.67. The SMILES string of the molecule is Cc1ccc(CNC(=O)CSc2nnc(-c3ccccc3)o2)cc1F. The van der Waals surface area contributed by atoms with Gasteiger partial charge in [0.25, 0.3) is 5.22 Å². The van der Waals surface area contributed by atoms with Crippen LogP contribution in [0.5, 0.6) is 0 Å². The van der Waals surface area contributed by atoms with Crippen molar-refractivity contribution >= 4 is 17.7 Å². The third-order valence-electron chi connectivity index (χ3n) is 3.48. The van der Waals surface area contributed by atoms with E-state index in [1.165, 1.54) is 6.07 Å². The number of carbonyl (C=O) groups is 1. The molecule has 3 aromatic rings. The van der Waals surface area contributed by atoms with Crippen molar-refractivity contribution in [1.82, 2.24) is 15.5 Å². The van der Waals surface area contributed by atoms with Gasteiger partial charge < -0.3 is 9.73 Å². The van der Waals surface area contributed by atoms with E-state index in [4.69, 9.17) is 4.42 Å². The van der Waals surface area contributed by atoms with Crippen LogP contribution < -0.4 is 5.32 Å². The zero-order chi connectivity index (χ0) is 17.6. The number of thioether (sulfide) groups is 1. The predicted octanol–water partition coefficient (Wildman–Crippen LogP) is 3.59. The highest BCUT2D eigenvalue weighted by Crippen LogP contribution is 2.22. The van der Waals surface area contributed by atoms with Crippen molar-refractivity contribution in [3.8, 4) is 11.5 Å². The number of aromatic nitrogens is 2. The first kappa shape index (κ1) is 17.2. The van der Waals surface area contributed by atoms with Crippen LogP contribution in [0.25, 0.3) is 11.5 Å². The molecule has 25 heavy (non-hydrogen) atoms. The molecule has 1 aromatic heterocycles. The summed E-state index contributed by atoms with van der Waals surface area (Å²) in [5, 5.41) is 11.0. The lowest BCUT2D eigenvalue weighted by atomic mass is 10.1. The van der Waals surface area contributed by atoms with Crippen LogP contribution in [0.4, 0.5) is 4.39 Å². The van der Waals surface area contributed by atoms with Crippen molar-refractivity contribution < 1.29 is 13.6 Å². The van der Waals surface area contributed by atoms with E-state index in [1.807, 2.05) is 30.3 Å². The fourth-order valence-electron chi connectivity index (χ4n) is 2.09. The maximum absolute atomic E-state index is 13.5. The lowest BCUT2D eigenvalue weighted by Gasteiger charge is -2.05. The van der Waals surface area contributed by atoms with Crippen LogP contribution in [0.3, 0.4) is 0 Å². The summed E-state index contributed by atoms with van der Waals surface area (Å²) < 4.78 is 19.0. The Morgan fingerprint density at radius 2 is 2.00 bits per heavy atom. The second-order valence-corrected chi connectivity index (χ2v) is 6.31. The van der Waals surface area contributed by atoms with Gasteiger partial charge in [-0.15, -0.1) is 10.2 Å². The summed E-state index contributed by atoms with van der Waals surface area (Å²) in [5.74, 6) is 0.0922. The van der Waals surface area contributed by atoms with Crippen molar-refractivity contribution in [2.75, 3.05) is 5.75 Å². The molecule has 0 atom stereocenters. The Kier molecular flexibility index (Phi) is 5.45. The van der Waals surface area contributed by atoms with Crippen molar-refractivity contribution in [3.05, 3.63) is 65.5 Å². The number of amides is 1. The highest BCUT2D eigenvalue weighted by molar-refractivity contribution is 7.99. The zero-order valence-corrected chi connectivity index (χ0v) is 14.3. The normalized spacial score (nSPS) is 10.6. The van der Waals surface area contributed by atoms with Gasteiger partial charge in [-0.1, -0.05) is 42.1 Å². The summed E-state index contributed by atoms with van der Waals surface area (Å²) >= 11 is 1.16. The lowest BCUT2D eigenvalue weighted by molar-refractivity contribution is -0.118. The molecule has 0 radical (unpaired) electrons. The molecule has 0 saturated carbocycles. The third kappa shape index (κ3) is 4.67. The Balaban J connectivity index is 1.49. The highest BCUT2D eigenvalue weighted by atomic mass is 32.2. The first-order valence-electron chi connectivity index (χ1n) is 7.65. The molecule has 0 bridgehead atoms. The summed E-state index contributed by atoms with van der Waals surface area (Å²) in [6.07, 6.45) is 0. The number of aryl methyl sites for hydroxylation is 1. The summed E-state index contributed by atoms with van der Waals surface area (Å²) in [7, 11) is 0. The molecular weight excluding hydrogens is 341 g/mol. The van der Waals surface area contributed by atoms with Crippen LogP contribution in [0.15, 0.2) is 58.2 Å². The van der Waals surface area contributed by atoms with Gasteiger partial charge in [0, 0.05) is 12.1 Å². The number of nitrogens with one attached hydrogen (secondary N) is 1. The topological polar surface area (TPSA) is 68.0 Å². The molecule has 0 aliphatic carbocycles. The van der Waals surface area contributed by atoms with Gasteiger partial charge in [0.1, 0.15) is 5.82 Å². The third-order valence-corrected chi connectivity index (χ3v) is 4.30. The fourth-order valence-corrected chi connectivity index (χ4v) is 2.68. The second kappa shape index (κ2) is 7.94. The van der Waals surface area contributed by atoms with E-state index in [0.717, 1.165) is 17.3 Å². The molecule has 0 saturated heterocycles. The van der Waals surface area contributed by atoms with Crippen LogP contribution in [-0.2, 0) is 11.3 Å². The molecular formula is C18H16FN3O2S. The molecule has 0 spiro atoms. The number of benzene rings is 2. The van der Waals surface area contributed by atoms with Crippen LogP contribution in [0.1, 0.15) is 11.1 Å². The van der Waals surface area contributed by atoms with E-state index in [9.17, 15) is 9.18 Å². The maximum Gasteiger partial charge on any atom is 0.277 e. The first-order chi connectivity index (χ1) is 12.1. The van der Waals surface area contributed by atoms with Crippen molar-refractivity contribution in [2.45, 2.75) is 18.7 Å². The molecule has 0 aliphatic heterocycles. The number of nitrogens with zero attached hydrogens (tertiary/aromatic N) is 2. The molecule has 5 nitrogen and oxygen atoms in total. The standard InChI is InChI=1S/C18H16FN3O2S/c1-12-7-8-13(9-15(12)19)10-20-16(23)11-25-18-22-21-17(24-18)14-5-3-2-4-6-14/h2-9H,10-11H2,1H3,(H,20,23). The van der Waals surface area contributed by atoms with Crippen LogP contribution in [0.2, 0.25) is 0 Å². The van der Waals surface area contributed by atoms with E-state index < -0.39 is 0 Å². The summed E-state index contributed by atoms with van der Waals surface area (Å²) in [4.78, 5) is 11.9. The molecule has 1 N–H and O–H groups in total. The fraction of sp³-hybridized carbons (Fsp3) is 0.167. The van der Waals surface area contributed by atoms with Gasteiger partial charge in [0.15, 0.2) is 0 Å². The highest BCUT2D eigenvalue weighted by Gasteiger charge is 2.11. The molecule has 2 aromatic carbocycles. The summed E-state index contributed by atoms with van der Waals surface area (Å²) in [6, 6.07) is 14.3. The number of hydrogen-bond donors (Lipinski definition) is 1. The monoisotopic (exact) mass is 357 g/mol. The van der Waals surface area contributed by atoms with Gasteiger partial charge in [-0.3, -0.25) is 4.79 Å². The summed E-state index contributed by atoms with van der Waals surface area (Å²) in [5.41, 5.74) is 2.12. The molecule has 7 heteroatoms. The minimum atomic E-state index is -0.277. The van der Waals surface area contributed by atoms with E-state index in [2.05, 4.69) is 15.5 Å². The smallest absolute Gasteiger partial charge is 0.277 e. The van der Waals surface area contributed by atoms with Gasteiger partial charge in [0.05, 0.1) is 5.75 Å². The van der Waals surface area contributed by atoms with E-state index in [1.54, 1.807) is 19.1 Å². The molecule has 1 amide bonds. The van der Waals surface area contributed by atoms with Gasteiger partial charge in [-0.2, -0.15) is 0 Å². The van der Waals surface area contributed by atoms with Gasteiger partial charge in [-0.05, 0) is 36.2 Å². The van der Waals surface area contributed by atoms with E-state index >= 15 is 0 Å². The predicted molar refractivity (Wildman–Crippen MR) is 93.4 cm³/mol. The molecule has 1 heterocycles. The van der Waals surface area contributed by atoms with E-state index in [-0.39, 0.29) is 24.0 Å². The number of hydrogen-bond acceptors (Lipinski definition) is 5. The largest absolute Gasteiger partial charge is 0.411 e. The summed E-state index contributed by atoms with van der Waals surface area (Å²) in [6.45, 7) is 1.97. The van der Waals surface area contributed by atoms with Crippen molar-refractivity contribution in [1.29, 1.82) is 0 Å². The maximum atomic E-state index is 13.5. The Bertz CT molecular complexity index is 868. The average molecular weight is 357 g/mol.